The Morgan fingerprint density at radius 3 is 2.47 bits per heavy atom. The van der Waals surface area contributed by atoms with Gasteiger partial charge in [0.25, 0.3) is 5.91 Å². The summed E-state index contributed by atoms with van der Waals surface area (Å²) >= 11 is 11.6. The van der Waals surface area contributed by atoms with E-state index in [1.54, 1.807) is 5.01 Å². The Bertz CT molecular complexity index is 1420. The van der Waals surface area contributed by atoms with Gasteiger partial charge in [-0.3, -0.25) is 19.9 Å². The summed E-state index contributed by atoms with van der Waals surface area (Å²) in [5.41, 5.74) is 2.69. The standard InChI is InChI=1S/C26H26Cl2F2N4O4/c27-20-4-3-17(9-22(20)29)38-14-16(35)12-32-5-7-33(8-6-32)31-26(37)19-13-34(15-1-2-15)24-11-21(28)23(30)10-18(24)25(19)36/h3-4,9-11,13,15-16,35H,1-2,5-8,12,14H2,(H,31,37). The molecular weight excluding hydrogens is 541 g/mol. The molecule has 0 bridgehead atoms. The van der Waals surface area contributed by atoms with Crippen molar-refractivity contribution in [2.75, 3.05) is 39.3 Å². The van der Waals surface area contributed by atoms with Crippen molar-refractivity contribution in [3.63, 3.8) is 0 Å². The number of carbonyl (C=O) groups is 1. The Kier molecular flexibility index (Phi) is 7.88. The third-order valence-electron chi connectivity index (χ3n) is 6.69. The average Bonchev–Trinajstić information content (AvgIpc) is 3.73. The summed E-state index contributed by atoms with van der Waals surface area (Å²) in [4.78, 5) is 28.1. The molecule has 2 aromatic carbocycles. The number of benzene rings is 2. The fraction of sp³-hybridized carbons (Fsp3) is 0.385. The van der Waals surface area contributed by atoms with Crippen LogP contribution in [0.1, 0.15) is 29.2 Å². The molecule has 2 fully saturated rings. The van der Waals surface area contributed by atoms with E-state index in [2.05, 4.69) is 5.43 Å². The van der Waals surface area contributed by atoms with Gasteiger partial charge in [-0.2, -0.15) is 0 Å². The van der Waals surface area contributed by atoms with Gasteiger partial charge in [-0.25, -0.2) is 13.8 Å². The van der Waals surface area contributed by atoms with E-state index in [9.17, 15) is 23.5 Å². The van der Waals surface area contributed by atoms with Crippen molar-refractivity contribution in [1.82, 2.24) is 19.9 Å². The fourth-order valence-corrected chi connectivity index (χ4v) is 4.79. The van der Waals surface area contributed by atoms with Gasteiger partial charge in [0.15, 0.2) is 0 Å². The van der Waals surface area contributed by atoms with Crippen LogP contribution in [-0.2, 0) is 0 Å². The number of fused-ring (bicyclic) bond motifs is 1. The lowest BCUT2D eigenvalue weighted by Crippen LogP contribution is -2.55. The van der Waals surface area contributed by atoms with Gasteiger partial charge in [0.2, 0.25) is 5.43 Å². The molecule has 2 heterocycles. The second-order valence-corrected chi connectivity index (χ2v) is 10.4. The van der Waals surface area contributed by atoms with Gasteiger partial charge in [-0.05, 0) is 37.1 Å². The monoisotopic (exact) mass is 566 g/mol. The number of aliphatic hydroxyl groups excluding tert-OH is 1. The zero-order chi connectivity index (χ0) is 27.0. The minimum Gasteiger partial charge on any atom is -0.491 e. The number of nitrogens with zero attached hydrogens (tertiary/aromatic N) is 3. The van der Waals surface area contributed by atoms with E-state index in [0.717, 1.165) is 25.0 Å². The van der Waals surface area contributed by atoms with Crippen LogP contribution in [0.4, 0.5) is 8.78 Å². The molecule has 1 unspecified atom stereocenters. The second-order valence-electron chi connectivity index (χ2n) is 9.56. The van der Waals surface area contributed by atoms with Crippen molar-refractivity contribution in [2.45, 2.75) is 25.0 Å². The zero-order valence-electron chi connectivity index (χ0n) is 20.3. The summed E-state index contributed by atoms with van der Waals surface area (Å²) in [6, 6.07) is 6.74. The van der Waals surface area contributed by atoms with Crippen LogP contribution < -0.4 is 15.6 Å². The van der Waals surface area contributed by atoms with E-state index in [4.69, 9.17) is 27.9 Å². The van der Waals surface area contributed by atoms with Crippen molar-refractivity contribution >= 4 is 40.0 Å². The lowest BCUT2D eigenvalue weighted by atomic mass is 10.1. The molecule has 3 aromatic rings. The number of halogens is 4. The zero-order valence-corrected chi connectivity index (χ0v) is 21.8. The SMILES string of the molecule is O=C(NN1CCN(CC(O)COc2ccc(Cl)c(F)c2)CC1)c1cn(C2CC2)c2cc(Cl)c(F)cc2c1=O. The average molecular weight is 567 g/mol. The number of amides is 1. The van der Waals surface area contributed by atoms with Crippen LogP contribution in [0.3, 0.4) is 0 Å². The van der Waals surface area contributed by atoms with Gasteiger partial charge in [0, 0.05) is 56.4 Å². The Morgan fingerprint density at radius 2 is 1.79 bits per heavy atom. The highest BCUT2D eigenvalue weighted by Crippen LogP contribution is 2.37. The van der Waals surface area contributed by atoms with Crippen molar-refractivity contribution in [1.29, 1.82) is 0 Å². The van der Waals surface area contributed by atoms with Gasteiger partial charge in [-0.15, -0.1) is 0 Å². The Morgan fingerprint density at radius 1 is 1.08 bits per heavy atom. The normalized spacial score (nSPS) is 17.5. The largest absolute Gasteiger partial charge is 0.491 e. The van der Waals surface area contributed by atoms with Crippen LogP contribution in [0, 0.1) is 11.6 Å². The number of β-amino-alcohol motifs (C(OH)–C–C–N with tert-alkyl or cyclic N) is 1. The second kappa shape index (κ2) is 11.2. The van der Waals surface area contributed by atoms with Gasteiger partial charge < -0.3 is 14.4 Å². The van der Waals surface area contributed by atoms with Gasteiger partial charge in [0.1, 0.15) is 35.7 Å². The molecule has 2 N–H and O–H groups in total. The number of piperazine rings is 1. The van der Waals surface area contributed by atoms with Crippen molar-refractivity contribution in [2.24, 2.45) is 0 Å². The predicted octanol–water partition coefficient (Wildman–Crippen LogP) is 3.62. The quantitative estimate of drug-likeness (QED) is 0.433. The molecule has 1 aromatic heterocycles. The smallest absolute Gasteiger partial charge is 0.271 e. The molecule has 1 saturated carbocycles. The highest BCUT2D eigenvalue weighted by atomic mass is 35.5. The molecule has 5 rings (SSSR count). The first-order chi connectivity index (χ1) is 18.2. The number of aromatic nitrogens is 1. The first kappa shape index (κ1) is 26.8. The van der Waals surface area contributed by atoms with Crippen LogP contribution in [0.5, 0.6) is 5.75 Å². The molecule has 1 aliphatic heterocycles. The first-order valence-corrected chi connectivity index (χ1v) is 13.0. The van der Waals surface area contributed by atoms with Crippen LogP contribution in [0.25, 0.3) is 10.9 Å². The van der Waals surface area contributed by atoms with Crippen molar-refractivity contribution in [3.8, 4) is 5.75 Å². The van der Waals surface area contributed by atoms with E-state index >= 15 is 0 Å². The predicted molar refractivity (Wildman–Crippen MR) is 140 cm³/mol. The molecule has 202 valence electrons. The molecular formula is C26H26Cl2F2N4O4. The van der Waals surface area contributed by atoms with Gasteiger partial charge in [-0.1, -0.05) is 23.2 Å². The minimum absolute atomic E-state index is 0.00382. The number of hydrogen-bond donors (Lipinski definition) is 2. The van der Waals surface area contributed by atoms with Crippen molar-refractivity contribution < 1.29 is 23.4 Å². The number of ether oxygens (including phenoxy) is 1. The molecule has 1 atom stereocenters. The van der Waals surface area contributed by atoms with Gasteiger partial charge in [0.05, 0.1) is 15.6 Å². The topological polar surface area (TPSA) is 87.0 Å². The molecule has 2 aliphatic rings. The number of hydrogen-bond acceptors (Lipinski definition) is 6. The lowest BCUT2D eigenvalue weighted by molar-refractivity contribution is 0.0316. The molecule has 1 aliphatic carbocycles. The van der Waals surface area contributed by atoms with Crippen molar-refractivity contribution in [3.05, 3.63) is 74.0 Å². The highest BCUT2D eigenvalue weighted by molar-refractivity contribution is 6.31. The molecule has 0 radical (unpaired) electrons. The maximum absolute atomic E-state index is 14.1. The van der Waals surface area contributed by atoms with Crippen LogP contribution in [-0.4, -0.2) is 70.9 Å². The van der Waals surface area contributed by atoms with E-state index in [-0.39, 0.29) is 39.4 Å². The number of carbonyl (C=O) groups excluding carboxylic acids is 1. The fourth-order valence-electron chi connectivity index (χ4n) is 4.52. The van der Waals surface area contributed by atoms with Crippen LogP contribution in [0.2, 0.25) is 10.0 Å². The first-order valence-electron chi connectivity index (χ1n) is 12.3. The number of rotatable bonds is 8. The number of hydrazine groups is 1. The molecule has 38 heavy (non-hydrogen) atoms. The molecule has 1 amide bonds. The molecule has 0 spiro atoms. The van der Waals surface area contributed by atoms with Gasteiger partial charge >= 0.3 is 0 Å². The van der Waals surface area contributed by atoms with E-state index in [1.165, 1.54) is 24.4 Å². The molecule has 1 saturated heterocycles. The summed E-state index contributed by atoms with van der Waals surface area (Å²) in [6.07, 6.45) is 2.54. The van der Waals surface area contributed by atoms with E-state index in [1.807, 2.05) is 9.47 Å². The Hall–Kier alpha value is -2.76. The third kappa shape index (κ3) is 5.94. The molecule has 8 nitrogen and oxygen atoms in total. The minimum atomic E-state index is -0.803. The van der Waals surface area contributed by atoms with E-state index < -0.39 is 29.1 Å². The lowest BCUT2D eigenvalue weighted by Gasteiger charge is -2.35. The van der Waals surface area contributed by atoms with E-state index in [0.29, 0.717) is 38.2 Å². The molecule has 12 heteroatoms. The summed E-state index contributed by atoms with van der Waals surface area (Å²) in [6.45, 7) is 2.37. The highest BCUT2D eigenvalue weighted by Gasteiger charge is 2.28. The maximum Gasteiger partial charge on any atom is 0.271 e. The number of pyridine rings is 1. The van der Waals surface area contributed by atoms with Crippen LogP contribution in [0.15, 0.2) is 41.3 Å². The summed E-state index contributed by atoms with van der Waals surface area (Å²) in [5.74, 6) is -1.58. The maximum atomic E-state index is 14.1. The number of aliphatic hydroxyl groups is 1. The summed E-state index contributed by atoms with van der Waals surface area (Å²) in [5, 5.41) is 12.1. The Balaban J connectivity index is 1.17. The Labute approximate surface area is 227 Å². The summed E-state index contributed by atoms with van der Waals surface area (Å²) < 4.78 is 35.0. The number of nitrogens with one attached hydrogen (secondary N) is 1. The summed E-state index contributed by atoms with van der Waals surface area (Å²) in [7, 11) is 0. The van der Waals surface area contributed by atoms with Crippen LogP contribution >= 0.6 is 23.2 Å². The third-order valence-corrected chi connectivity index (χ3v) is 7.29.